The number of nitrogens with two attached hydrogens (primary N) is 2. The van der Waals surface area contributed by atoms with Crippen LogP contribution in [0.4, 0.5) is 0 Å². The SMILES string of the molecule is N=c1c(C(N)=O)cc(Cl)cn1Cc1ccc(C(N)=O)c(Cl)c1. The van der Waals surface area contributed by atoms with Crippen molar-refractivity contribution in [3.63, 3.8) is 0 Å². The molecule has 114 valence electrons. The summed E-state index contributed by atoms with van der Waals surface area (Å²) in [5.74, 6) is -1.35. The van der Waals surface area contributed by atoms with Gasteiger partial charge in [-0.3, -0.25) is 15.0 Å². The Morgan fingerprint density at radius 1 is 1.09 bits per heavy atom. The molecule has 1 aromatic heterocycles. The van der Waals surface area contributed by atoms with Crippen LogP contribution in [0.2, 0.25) is 10.0 Å². The van der Waals surface area contributed by atoms with E-state index in [2.05, 4.69) is 0 Å². The summed E-state index contributed by atoms with van der Waals surface area (Å²) in [5, 5.41) is 8.48. The predicted octanol–water partition coefficient (Wildman–Crippen LogP) is 1.52. The van der Waals surface area contributed by atoms with Crippen molar-refractivity contribution < 1.29 is 9.59 Å². The van der Waals surface area contributed by atoms with Gasteiger partial charge in [-0.05, 0) is 23.8 Å². The van der Waals surface area contributed by atoms with Gasteiger partial charge in [-0.25, -0.2) is 0 Å². The van der Waals surface area contributed by atoms with Crippen molar-refractivity contribution >= 4 is 35.0 Å². The molecular weight excluding hydrogens is 327 g/mol. The number of primary amides is 2. The zero-order valence-electron chi connectivity index (χ0n) is 11.3. The summed E-state index contributed by atoms with van der Waals surface area (Å²) in [6.07, 6.45) is 1.51. The van der Waals surface area contributed by atoms with Crippen LogP contribution in [-0.2, 0) is 6.54 Å². The summed E-state index contributed by atoms with van der Waals surface area (Å²) in [6, 6.07) is 6.07. The number of carbonyl (C=O) groups is 2. The first kappa shape index (κ1) is 16.1. The fourth-order valence-electron chi connectivity index (χ4n) is 1.98. The van der Waals surface area contributed by atoms with E-state index in [1.54, 1.807) is 12.1 Å². The minimum atomic E-state index is -0.733. The molecule has 0 aliphatic carbocycles. The molecule has 0 bridgehead atoms. The Hall–Kier alpha value is -2.31. The summed E-state index contributed by atoms with van der Waals surface area (Å²) in [6.45, 7) is 0.235. The van der Waals surface area contributed by atoms with Crippen LogP contribution < -0.4 is 17.0 Å². The van der Waals surface area contributed by atoms with Gasteiger partial charge in [0, 0.05) is 12.7 Å². The molecule has 0 fully saturated rings. The highest BCUT2D eigenvalue weighted by Crippen LogP contribution is 2.18. The number of carbonyl (C=O) groups excluding carboxylic acids is 2. The Kier molecular flexibility index (Phi) is 4.54. The van der Waals surface area contributed by atoms with E-state index in [1.165, 1.54) is 22.9 Å². The van der Waals surface area contributed by atoms with E-state index in [4.69, 9.17) is 40.1 Å². The molecule has 0 radical (unpaired) electrons. The van der Waals surface area contributed by atoms with Crippen molar-refractivity contribution in [3.8, 4) is 0 Å². The lowest BCUT2D eigenvalue weighted by Gasteiger charge is -2.11. The number of aromatic nitrogens is 1. The highest BCUT2D eigenvalue weighted by molar-refractivity contribution is 6.33. The zero-order chi connectivity index (χ0) is 16.4. The smallest absolute Gasteiger partial charge is 0.252 e. The van der Waals surface area contributed by atoms with Gasteiger partial charge in [-0.15, -0.1) is 0 Å². The number of nitrogens with one attached hydrogen (secondary N) is 1. The normalized spacial score (nSPS) is 10.5. The summed E-state index contributed by atoms with van der Waals surface area (Å²) in [5.41, 5.74) is 11.3. The van der Waals surface area contributed by atoms with Crippen molar-refractivity contribution in [2.24, 2.45) is 11.5 Å². The second-order valence-electron chi connectivity index (χ2n) is 4.59. The second-order valence-corrected chi connectivity index (χ2v) is 5.43. The van der Waals surface area contributed by atoms with Gasteiger partial charge in [0.2, 0.25) is 5.91 Å². The molecule has 1 aromatic carbocycles. The molecule has 2 rings (SSSR count). The van der Waals surface area contributed by atoms with Crippen LogP contribution in [0.5, 0.6) is 0 Å². The number of benzene rings is 1. The Morgan fingerprint density at radius 2 is 1.73 bits per heavy atom. The molecule has 0 spiro atoms. The Balaban J connectivity index is 2.44. The fraction of sp³-hybridized carbons (Fsp3) is 0.0714. The number of hydrogen-bond acceptors (Lipinski definition) is 3. The molecule has 0 aliphatic heterocycles. The minimum Gasteiger partial charge on any atom is -0.366 e. The number of nitrogens with zero attached hydrogens (tertiary/aromatic N) is 1. The fourth-order valence-corrected chi connectivity index (χ4v) is 2.50. The molecule has 0 saturated heterocycles. The van der Waals surface area contributed by atoms with E-state index in [9.17, 15) is 9.59 Å². The molecule has 0 aliphatic rings. The topological polar surface area (TPSA) is 115 Å². The highest BCUT2D eigenvalue weighted by Gasteiger charge is 2.11. The second kappa shape index (κ2) is 6.21. The van der Waals surface area contributed by atoms with Gasteiger partial charge in [0.05, 0.1) is 21.2 Å². The van der Waals surface area contributed by atoms with Crippen molar-refractivity contribution in [2.75, 3.05) is 0 Å². The minimum absolute atomic E-state index is 0.0207. The van der Waals surface area contributed by atoms with Crippen molar-refractivity contribution in [1.82, 2.24) is 4.57 Å². The average molecular weight is 339 g/mol. The molecule has 22 heavy (non-hydrogen) atoms. The number of pyridine rings is 1. The molecule has 2 amide bonds. The van der Waals surface area contributed by atoms with Gasteiger partial charge in [0.25, 0.3) is 5.91 Å². The summed E-state index contributed by atoms with van der Waals surface area (Å²) in [4.78, 5) is 22.5. The van der Waals surface area contributed by atoms with E-state index in [0.717, 1.165) is 0 Å². The van der Waals surface area contributed by atoms with Crippen LogP contribution in [0.1, 0.15) is 26.3 Å². The van der Waals surface area contributed by atoms with Crippen LogP contribution in [0.25, 0.3) is 0 Å². The number of rotatable bonds is 4. The van der Waals surface area contributed by atoms with Crippen molar-refractivity contribution in [1.29, 1.82) is 5.41 Å². The molecule has 2 aromatic rings. The first-order valence-corrected chi connectivity index (χ1v) is 6.88. The lowest BCUT2D eigenvalue weighted by molar-refractivity contribution is 0.0990. The summed E-state index contributed by atoms with van der Waals surface area (Å²) in [7, 11) is 0. The maximum atomic E-state index is 11.3. The molecule has 0 saturated carbocycles. The third-order valence-corrected chi connectivity index (χ3v) is 3.54. The number of amides is 2. The third-order valence-electron chi connectivity index (χ3n) is 3.02. The largest absolute Gasteiger partial charge is 0.366 e. The molecule has 8 heteroatoms. The van der Waals surface area contributed by atoms with Gasteiger partial charge < -0.3 is 16.0 Å². The first-order valence-electron chi connectivity index (χ1n) is 6.12. The molecule has 5 N–H and O–H groups in total. The summed E-state index contributed by atoms with van der Waals surface area (Å²) < 4.78 is 1.46. The van der Waals surface area contributed by atoms with E-state index < -0.39 is 11.8 Å². The number of hydrogen-bond donors (Lipinski definition) is 3. The van der Waals surface area contributed by atoms with Crippen LogP contribution in [0, 0.1) is 5.41 Å². The molecule has 0 unspecified atom stereocenters. The van der Waals surface area contributed by atoms with E-state index in [0.29, 0.717) is 5.56 Å². The van der Waals surface area contributed by atoms with Crippen LogP contribution in [0.15, 0.2) is 30.5 Å². The van der Waals surface area contributed by atoms with Gasteiger partial charge in [-0.2, -0.15) is 0 Å². The predicted molar refractivity (Wildman–Crippen MR) is 82.9 cm³/mol. The lowest BCUT2D eigenvalue weighted by atomic mass is 10.1. The quantitative estimate of drug-likeness (QED) is 0.784. The first-order chi connectivity index (χ1) is 10.3. The Morgan fingerprint density at radius 3 is 2.27 bits per heavy atom. The van der Waals surface area contributed by atoms with Crippen molar-refractivity contribution in [2.45, 2.75) is 6.54 Å². The lowest BCUT2D eigenvalue weighted by Crippen LogP contribution is -2.29. The third kappa shape index (κ3) is 3.29. The van der Waals surface area contributed by atoms with Gasteiger partial charge >= 0.3 is 0 Å². The Bertz CT molecular complexity index is 830. The monoisotopic (exact) mass is 338 g/mol. The number of halogens is 2. The summed E-state index contributed by atoms with van der Waals surface area (Å²) >= 11 is 11.9. The molecular formula is C14H12Cl2N4O2. The highest BCUT2D eigenvalue weighted by atomic mass is 35.5. The Labute approximate surface area is 135 Å². The van der Waals surface area contributed by atoms with E-state index >= 15 is 0 Å². The maximum Gasteiger partial charge on any atom is 0.252 e. The van der Waals surface area contributed by atoms with Gasteiger partial charge in [-0.1, -0.05) is 29.3 Å². The molecule has 1 heterocycles. The molecule has 0 atom stereocenters. The van der Waals surface area contributed by atoms with Gasteiger partial charge in [0.1, 0.15) is 5.49 Å². The van der Waals surface area contributed by atoms with Crippen LogP contribution in [0.3, 0.4) is 0 Å². The van der Waals surface area contributed by atoms with Crippen LogP contribution >= 0.6 is 23.2 Å². The van der Waals surface area contributed by atoms with E-state index in [1.807, 2.05) is 0 Å². The maximum absolute atomic E-state index is 11.3. The standard InChI is InChI=1S/C14H12Cl2N4O2/c15-8-4-10(14(19)22)12(17)20(6-8)5-7-1-2-9(13(18)21)11(16)3-7/h1-4,6,17H,5H2,(H2,18,21)(H2,19,22). The molecule has 6 nitrogen and oxygen atoms in total. The van der Waals surface area contributed by atoms with Gasteiger partial charge in [0.15, 0.2) is 0 Å². The van der Waals surface area contributed by atoms with Crippen LogP contribution in [-0.4, -0.2) is 16.4 Å². The van der Waals surface area contributed by atoms with Crippen molar-refractivity contribution in [3.05, 3.63) is 62.7 Å². The van der Waals surface area contributed by atoms with E-state index in [-0.39, 0.29) is 33.2 Å². The zero-order valence-corrected chi connectivity index (χ0v) is 12.8. The average Bonchev–Trinajstić information content (AvgIpc) is 2.41.